The highest BCUT2D eigenvalue weighted by atomic mass is 19.1. The van der Waals surface area contributed by atoms with Crippen LogP contribution in [0.3, 0.4) is 0 Å². The van der Waals surface area contributed by atoms with Gasteiger partial charge >= 0.3 is 0 Å². The molecule has 2 fully saturated rings. The predicted molar refractivity (Wildman–Crippen MR) is 108 cm³/mol. The molecule has 28 heavy (non-hydrogen) atoms. The molecule has 1 saturated carbocycles. The lowest BCUT2D eigenvalue weighted by Gasteiger charge is -2.37. The first-order valence-electron chi connectivity index (χ1n) is 10.4. The molecule has 0 radical (unpaired) electrons. The van der Waals surface area contributed by atoms with Gasteiger partial charge in [-0.3, -0.25) is 4.79 Å². The second-order valence-corrected chi connectivity index (χ2v) is 8.96. The van der Waals surface area contributed by atoms with E-state index in [1.54, 1.807) is 6.08 Å². The molecule has 1 N–H and O–H groups in total. The Morgan fingerprint density at radius 3 is 2.54 bits per heavy atom. The van der Waals surface area contributed by atoms with Crippen molar-refractivity contribution in [1.82, 2.24) is 10.2 Å². The van der Waals surface area contributed by atoms with Gasteiger partial charge in [0.25, 0.3) is 0 Å². The molecule has 1 aromatic rings. The van der Waals surface area contributed by atoms with E-state index in [1.807, 2.05) is 24.3 Å². The number of amides is 1. The van der Waals surface area contributed by atoms with E-state index in [0.29, 0.717) is 18.2 Å². The van der Waals surface area contributed by atoms with Gasteiger partial charge in [-0.05, 0) is 61.3 Å². The Balaban J connectivity index is 1.27. The third-order valence-electron chi connectivity index (χ3n) is 7.11. The molecule has 1 saturated heterocycles. The van der Waals surface area contributed by atoms with E-state index in [-0.39, 0.29) is 16.8 Å². The van der Waals surface area contributed by atoms with Crippen LogP contribution in [0.1, 0.15) is 44.6 Å². The van der Waals surface area contributed by atoms with Crippen LogP contribution in [-0.4, -0.2) is 29.4 Å². The monoisotopic (exact) mass is 378 g/mol. The summed E-state index contributed by atoms with van der Waals surface area (Å²) in [5.41, 5.74) is 3.12. The van der Waals surface area contributed by atoms with E-state index in [9.17, 15) is 9.18 Å². The maximum atomic E-state index is 13.7. The quantitative estimate of drug-likeness (QED) is 0.846. The van der Waals surface area contributed by atoms with Crippen molar-refractivity contribution in [2.24, 2.45) is 5.92 Å². The number of carbonyl (C=O) groups excluding carboxylic acids is 1. The molecule has 3 nitrogen and oxygen atoms in total. The van der Waals surface area contributed by atoms with Gasteiger partial charge < -0.3 is 10.2 Å². The van der Waals surface area contributed by atoms with Crippen molar-refractivity contribution in [3.05, 3.63) is 71.2 Å². The fourth-order valence-electron chi connectivity index (χ4n) is 5.25. The summed E-state index contributed by atoms with van der Waals surface area (Å²) in [5, 5.41) is 3.41. The molecule has 146 valence electrons. The number of hydrogen-bond acceptors (Lipinski definition) is 2. The molecule has 4 aliphatic rings. The van der Waals surface area contributed by atoms with E-state index in [1.165, 1.54) is 16.7 Å². The maximum absolute atomic E-state index is 13.7. The van der Waals surface area contributed by atoms with Crippen molar-refractivity contribution < 1.29 is 9.18 Å². The van der Waals surface area contributed by atoms with E-state index in [2.05, 4.69) is 35.5 Å². The molecule has 4 heteroatoms. The maximum Gasteiger partial charge on any atom is 0.233 e. The van der Waals surface area contributed by atoms with Crippen LogP contribution in [0.4, 0.5) is 4.39 Å². The molecular weight excluding hydrogens is 351 g/mol. The number of nitrogens with one attached hydrogen (secondary N) is 1. The molecule has 2 heterocycles. The normalized spacial score (nSPS) is 28.6. The Morgan fingerprint density at radius 2 is 1.86 bits per heavy atom. The molecule has 1 aromatic carbocycles. The van der Waals surface area contributed by atoms with Gasteiger partial charge in [0.2, 0.25) is 5.91 Å². The number of allylic oxidation sites excluding steroid dienone is 2. The number of carbonyl (C=O) groups is 1. The standard InChI is InChI=1S/C24H27FN2O/c1-23-15-19(25)7-8-21(23)20(16-26-23)17-9-13-27(14-10-17)22(28)24(11-12-24)18-5-3-2-4-6-18/h2-8,16-17,26H,9-15H2,1H3. The second-order valence-electron chi connectivity index (χ2n) is 8.96. The second kappa shape index (κ2) is 6.33. The van der Waals surface area contributed by atoms with Gasteiger partial charge in [0.1, 0.15) is 5.83 Å². The largest absolute Gasteiger partial charge is 0.381 e. The average molecular weight is 378 g/mol. The smallest absolute Gasteiger partial charge is 0.233 e. The minimum atomic E-state index is -0.313. The number of nitrogens with zero attached hydrogens (tertiary/aromatic N) is 1. The summed E-state index contributed by atoms with van der Waals surface area (Å²) in [5.74, 6) is 0.679. The van der Waals surface area contributed by atoms with Crippen LogP contribution in [-0.2, 0) is 10.2 Å². The lowest BCUT2D eigenvalue weighted by Crippen LogP contribution is -2.44. The Morgan fingerprint density at radius 1 is 1.14 bits per heavy atom. The summed E-state index contributed by atoms with van der Waals surface area (Å²) < 4.78 is 13.7. The number of halogens is 1. The number of rotatable bonds is 3. The van der Waals surface area contributed by atoms with Gasteiger partial charge in [-0.15, -0.1) is 0 Å². The predicted octanol–water partition coefficient (Wildman–Crippen LogP) is 4.39. The first kappa shape index (κ1) is 17.7. The lowest BCUT2D eigenvalue weighted by atomic mass is 9.77. The number of hydrogen-bond donors (Lipinski definition) is 1. The van der Waals surface area contributed by atoms with Crippen LogP contribution in [0, 0.1) is 5.92 Å². The highest BCUT2D eigenvalue weighted by molar-refractivity contribution is 5.91. The summed E-state index contributed by atoms with van der Waals surface area (Å²) in [7, 11) is 0. The highest BCUT2D eigenvalue weighted by Crippen LogP contribution is 2.50. The van der Waals surface area contributed by atoms with Crippen molar-refractivity contribution in [1.29, 1.82) is 0 Å². The zero-order chi connectivity index (χ0) is 19.4. The Bertz CT molecular complexity index is 888. The average Bonchev–Trinajstić information content (AvgIpc) is 3.45. The molecule has 0 aromatic heterocycles. The van der Waals surface area contributed by atoms with Gasteiger partial charge in [-0.1, -0.05) is 36.4 Å². The lowest BCUT2D eigenvalue weighted by molar-refractivity contribution is -0.135. The number of piperidine rings is 1. The SMILES string of the molecule is CC12CC(F)=CC=C1C(C1CCN(C(=O)C3(c4ccccc4)CC3)CC1)=CN2. The van der Waals surface area contributed by atoms with Crippen molar-refractivity contribution >= 4 is 5.91 Å². The van der Waals surface area contributed by atoms with Gasteiger partial charge in [0.15, 0.2) is 0 Å². The fourth-order valence-corrected chi connectivity index (χ4v) is 5.25. The van der Waals surface area contributed by atoms with Crippen LogP contribution in [0.25, 0.3) is 0 Å². The van der Waals surface area contributed by atoms with Crippen molar-refractivity contribution in [2.75, 3.05) is 13.1 Å². The third-order valence-corrected chi connectivity index (χ3v) is 7.11. The molecular formula is C24H27FN2O. The summed E-state index contributed by atoms with van der Waals surface area (Å²) in [6, 6.07) is 10.3. The van der Waals surface area contributed by atoms with Crippen molar-refractivity contribution in [3.63, 3.8) is 0 Å². The molecule has 0 spiro atoms. The first-order chi connectivity index (χ1) is 13.5. The summed E-state index contributed by atoms with van der Waals surface area (Å²) >= 11 is 0. The van der Waals surface area contributed by atoms with Crippen LogP contribution in [0.2, 0.25) is 0 Å². The fraction of sp³-hybridized carbons (Fsp3) is 0.458. The number of likely N-dealkylation sites (tertiary alicyclic amines) is 1. The highest BCUT2D eigenvalue weighted by Gasteiger charge is 2.53. The first-order valence-corrected chi connectivity index (χ1v) is 10.4. The van der Waals surface area contributed by atoms with Crippen LogP contribution < -0.4 is 5.32 Å². The summed E-state index contributed by atoms with van der Waals surface area (Å²) in [6.45, 7) is 3.69. The molecule has 2 aliphatic heterocycles. The molecule has 0 bridgehead atoms. The van der Waals surface area contributed by atoms with Gasteiger partial charge in [-0.2, -0.15) is 0 Å². The Kier molecular flexibility index (Phi) is 4.01. The van der Waals surface area contributed by atoms with Gasteiger partial charge in [0, 0.05) is 25.7 Å². The molecule has 5 rings (SSSR count). The topological polar surface area (TPSA) is 32.3 Å². The molecule has 1 unspecified atom stereocenters. The third kappa shape index (κ3) is 2.73. The Labute approximate surface area is 166 Å². The number of benzene rings is 1. The minimum absolute atomic E-state index is 0.0653. The van der Waals surface area contributed by atoms with E-state index >= 15 is 0 Å². The summed E-state index contributed by atoms with van der Waals surface area (Å²) in [4.78, 5) is 15.3. The minimum Gasteiger partial charge on any atom is -0.381 e. The van der Waals surface area contributed by atoms with Gasteiger partial charge in [0.05, 0.1) is 11.0 Å². The Hall–Kier alpha value is -2.36. The van der Waals surface area contributed by atoms with Gasteiger partial charge in [-0.25, -0.2) is 4.39 Å². The van der Waals surface area contributed by atoms with Crippen LogP contribution >= 0.6 is 0 Å². The van der Waals surface area contributed by atoms with E-state index in [0.717, 1.165) is 38.8 Å². The van der Waals surface area contributed by atoms with Crippen molar-refractivity contribution in [2.45, 2.75) is 50.0 Å². The zero-order valence-corrected chi connectivity index (χ0v) is 16.4. The molecule has 1 amide bonds. The van der Waals surface area contributed by atoms with E-state index < -0.39 is 0 Å². The van der Waals surface area contributed by atoms with Crippen molar-refractivity contribution in [3.8, 4) is 0 Å². The number of fused-ring (bicyclic) bond motifs is 1. The van der Waals surface area contributed by atoms with Crippen LogP contribution in [0.15, 0.2) is 65.7 Å². The molecule has 2 aliphatic carbocycles. The zero-order valence-electron chi connectivity index (χ0n) is 16.4. The van der Waals surface area contributed by atoms with Crippen LogP contribution in [0.5, 0.6) is 0 Å². The van der Waals surface area contributed by atoms with E-state index in [4.69, 9.17) is 0 Å². The molecule has 1 atom stereocenters. The summed E-state index contributed by atoms with van der Waals surface area (Å²) in [6.07, 6.45) is 9.93.